The minimum Gasteiger partial charge on any atom is -0.126 e. The number of alkyl halides is 1. The summed E-state index contributed by atoms with van der Waals surface area (Å²) in [6.45, 7) is 6.80. The fourth-order valence-electron chi connectivity index (χ4n) is 2.28. The van der Waals surface area contributed by atoms with Crippen LogP contribution in [0.4, 0.5) is 0 Å². The summed E-state index contributed by atoms with van der Waals surface area (Å²) in [4.78, 5) is 1.41. The van der Waals surface area contributed by atoms with Gasteiger partial charge in [-0.3, -0.25) is 0 Å². The molecule has 2 rings (SSSR count). The predicted molar refractivity (Wildman–Crippen MR) is 85.9 cm³/mol. The summed E-state index contributed by atoms with van der Waals surface area (Å²) < 4.78 is 0. The van der Waals surface area contributed by atoms with Gasteiger partial charge in [-0.05, 0) is 41.4 Å². The van der Waals surface area contributed by atoms with Crippen LogP contribution in [0.2, 0.25) is 0 Å². The molecule has 0 radical (unpaired) electrons. The Morgan fingerprint density at radius 3 is 2.17 bits per heavy atom. The van der Waals surface area contributed by atoms with E-state index in [0.29, 0.717) is 5.41 Å². The van der Waals surface area contributed by atoms with Gasteiger partial charge in [0.05, 0.1) is 0 Å². The molecule has 1 fully saturated rings. The van der Waals surface area contributed by atoms with Gasteiger partial charge in [0.2, 0.25) is 0 Å². The molecule has 0 aliphatic heterocycles. The molecule has 1 saturated carbocycles. The second kappa shape index (κ2) is 5.58. The number of halogens is 1. The van der Waals surface area contributed by atoms with Gasteiger partial charge in [0.25, 0.3) is 0 Å². The zero-order valence-corrected chi connectivity index (χ0v) is 14.0. The van der Waals surface area contributed by atoms with Gasteiger partial charge in [-0.15, -0.1) is 11.8 Å². The Morgan fingerprint density at radius 1 is 1.17 bits per heavy atom. The van der Waals surface area contributed by atoms with Crippen LogP contribution in [0, 0.1) is 5.41 Å². The lowest BCUT2D eigenvalue weighted by Crippen LogP contribution is -2.33. The van der Waals surface area contributed by atoms with E-state index in [-0.39, 0.29) is 5.41 Å². The summed E-state index contributed by atoms with van der Waals surface area (Å²) in [6, 6.07) is 9.13. The third-order valence-electron chi connectivity index (χ3n) is 3.96. The Bertz CT molecular complexity index is 379. The highest BCUT2D eigenvalue weighted by Gasteiger charge is 2.35. The number of thioether (sulfide) groups is 1. The minimum absolute atomic E-state index is 0.258. The molecule has 100 valence electrons. The van der Waals surface area contributed by atoms with Crippen molar-refractivity contribution < 1.29 is 0 Å². The zero-order chi connectivity index (χ0) is 13.2. The van der Waals surface area contributed by atoms with Gasteiger partial charge < -0.3 is 0 Å². The van der Waals surface area contributed by atoms with E-state index in [1.54, 1.807) is 0 Å². The smallest absolute Gasteiger partial charge is 0.00959 e. The molecule has 0 amide bonds. The maximum absolute atomic E-state index is 3.68. The highest BCUT2D eigenvalue weighted by atomic mass is 79.9. The van der Waals surface area contributed by atoms with Crippen LogP contribution in [0.15, 0.2) is 29.2 Å². The van der Waals surface area contributed by atoms with Gasteiger partial charge in [-0.25, -0.2) is 0 Å². The molecule has 0 saturated heterocycles. The largest absolute Gasteiger partial charge is 0.126 e. The van der Waals surface area contributed by atoms with Crippen LogP contribution in [0.3, 0.4) is 0 Å². The standard InChI is InChI=1S/C16H23BrS/c1-15(2,3)13-5-7-14(8-6-13)18-12-16(11-17)9-4-10-16/h5-8H,4,9-12H2,1-3H3. The van der Waals surface area contributed by atoms with Crippen molar-refractivity contribution in [2.75, 3.05) is 11.1 Å². The van der Waals surface area contributed by atoms with E-state index in [9.17, 15) is 0 Å². The molecule has 1 aliphatic carbocycles. The molecule has 0 bridgehead atoms. The van der Waals surface area contributed by atoms with Crippen LogP contribution < -0.4 is 0 Å². The first-order chi connectivity index (χ1) is 8.45. The van der Waals surface area contributed by atoms with Crippen molar-refractivity contribution in [2.45, 2.75) is 50.3 Å². The van der Waals surface area contributed by atoms with Crippen LogP contribution in [0.1, 0.15) is 45.6 Å². The van der Waals surface area contributed by atoms with E-state index in [2.05, 4.69) is 61.0 Å². The third kappa shape index (κ3) is 3.33. The van der Waals surface area contributed by atoms with Crippen molar-refractivity contribution in [2.24, 2.45) is 5.41 Å². The Kier molecular flexibility index (Phi) is 4.48. The molecular formula is C16H23BrS. The van der Waals surface area contributed by atoms with Crippen LogP contribution >= 0.6 is 27.7 Å². The Morgan fingerprint density at radius 2 is 1.78 bits per heavy atom. The molecule has 0 spiro atoms. The molecule has 1 aromatic rings. The molecule has 0 atom stereocenters. The number of rotatable bonds is 4. The lowest BCUT2D eigenvalue weighted by molar-refractivity contribution is 0.206. The maximum atomic E-state index is 3.68. The second-order valence-corrected chi connectivity index (χ2v) is 8.16. The third-order valence-corrected chi connectivity index (χ3v) is 6.51. The van der Waals surface area contributed by atoms with E-state index < -0.39 is 0 Å². The highest BCUT2D eigenvalue weighted by Crippen LogP contribution is 2.46. The quantitative estimate of drug-likeness (QED) is 0.509. The van der Waals surface area contributed by atoms with Crippen LogP contribution in [-0.4, -0.2) is 11.1 Å². The second-order valence-electron chi connectivity index (χ2n) is 6.55. The number of hydrogen-bond donors (Lipinski definition) is 0. The van der Waals surface area contributed by atoms with Crippen molar-refractivity contribution in [3.8, 4) is 0 Å². The van der Waals surface area contributed by atoms with E-state index in [1.807, 2.05) is 11.8 Å². The van der Waals surface area contributed by atoms with Gasteiger partial charge >= 0.3 is 0 Å². The summed E-state index contributed by atoms with van der Waals surface area (Å²) in [7, 11) is 0. The van der Waals surface area contributed by atoms with E-state index in [1.165, 1.54) is 35.5 Å². The monoisotopic (exact) mass is 326 g/mol. The Hall–Kier alpha value is 0.0500. The average molecular weight is 327 g/mol. The first kappa shape index (κ1) is 14.5. The topological polar surface area (TPSA) is 0 Å². The van der Waals surface area contributed by atoms with Gasteiger partial charge in [0.1, 0.15) is 0 Å². The maximum Gasteiger partial charge on any atom is 0.00959 e. The highest BCUT2D eigenvalue weighted by molar-refractivity contribution is 9.09. The molecule has 0 heterocycles. The van der Waals surface area contributed by atoms with Crippen LogP contribution in [-0.2, 0) is 5.41 Å². The molecule has 1 aromatic carbocycles. The molecule has 0 aromatic heterocycles. The Balaban J connectivity index is 1.94. The van der Waals surface area contributed by atoms with Crippen LogP contribution in [0.5, 0.6) is 0 Å². The van der Waals surface area contributed by atoms with Gasteiger partial charge in [-0.1, -0.05) is 55.3 Å². The van der Waals surface area contributed by atoms with Gasteiger partial charge in [0.15, 0.2) is 0 Å². The van der Waals surface area contributed by atoms with Gasteiger partial charge in [-0.2, -0.15) is 0 Å². The van der Waals surface area contributed by atoms with Crippen molar-refractivity contribution in [3.05, 3.63) is 29.8 Å². The normalized spacial score (nSPS) is 18.4. The molecular weight excluding hydrogens is 304 g/mol. The number of hydrogen-bond acceptors (Lipinski definition) is 1. The molecule has 2 heteroatoms. The lowest BCUT2D eigenvalue weighted by atomic mass is 9.72. The van der Waals surface area contributed by atoms with Gasteiger partial charge in [0, 0.05) is 16.0 Å². The minimum atomic E-state index is 0.258. The summed E-state index contributed by atoms with van der Waals surface area (Å²) in [5.74, 6) is 1.26. The number of benzene rings is 1. The molecule has 0 nitrogen and oxygen atoms in total. The Labute approximate surface area is 124 Å². The summed E-state index contributed by atoms with van der Waals surface area (Å²) >= 11 is 5.70. The zero-order valence-electron chi connectivity index (χ0n) is 11.6. The summed E-state index contributed by atoms with van der Waals surface area (Å²) in [5.41, 5.74) is 2.26. The average Bonchev–Trinajstić information content (AvgIpc) is 2.28. The molecule has 1 aliphatic rings. The SMILES string of the molecule is CC(C)(C)c1ccc(SCC2(CBr)CCC2)cc1. The van der Waals surface area contributed by atoms with E-state index in [4.69, 9.17) is 0 Å². The lowest BCUT2D eigenvalue weighted by Gasteiger charge is -2.40. The van der Waals surface area contributed by atoms with Crippen molar-refractivity contribution in [3.63, 3.8) is 0 Å². The van der Waals surface area contributed by atoms with Crippen molar-refractivity contribution in [1.29, 1.82) is 0 Å². The van der Waals surface area contributed by atoms with Crippen molar-refractivity contribution in [1.82, 2.24) is 0 Å². The first-order valence-corrected chi connectivity index (χ1v) is 8.85. The van der Waals surface area contributed by atoms with Crippen LogP contribution in [0.25, 0.3) is 0 Å². The fourth-order valence-corrected chi connectivity index (χ4v) is 4.49. The van der Waals surface area contributed by atoms with E-state index in [0.717, 1.165) is 5.33 Å². The molecule has 0 unspecified atom stereocenters. The predicted octanol–water partition coefficient (Wildman–Crippen LogP) is 5.64. The molecule has 18 heavy (non-hydrogen) atoms. The first-order valence-electron chi connectivity index (χ1n) is 6.75. The fraction of sp³-hybridized carbons (Fsp3) is 0.625. The van der Waals surface area contributed by atoms with Crippen molar-refractivity contribution >= 4 is 27.7 Å². The summed E-state index contributed by atoms with van der Waals surface area (Å²) in [5, 5.41) is 1.16. The van der Waals surface area contributed by atoms with E-state index >= 15 is 0 Å². The molecule has 0 N–H and O–H groups in total. The summed E-state index contributed by atoms with van der Waals surface area (Å²) in [6.07, 6.45) is 4.20.